The molecule has 146 valence electrons. The van der Waals surface area contributed by atoms with E-state index in [0.29, 0.717) is 47.3 Å². The molecule has 7 nitrogen and oxygen atoms in total. The molecule has 8 heteroatoms. The lowest BCUT2D eigenvalue weighted by Crippen LogP contribution is -2.16. The zero-order chi connectivity index (χ0) is 19.8. The topological polar surface area (TPSA) is 93.3 Å². The molecule has 2 heterocycles. The van der Waals surface area contributed by atoms with Gasteiger partial charge in [-0.05, 0) is 30.3 Å². The molecule has 1 aliphatic rings. The zero-order valence-corrected chi connectivity index (χ0v) is 16.1. The van der Waals surface area contributed by atoms with Crippen molar-refractivity contribution in [2.75, 3.05) is 17.9 Å². The van der Waals surface area contributed by atoms with Gasteiger partial charge >= 0.3 is 0 Å². The second kappa shape index (κ2) is 6.82. The summed E-state index contributed by atoms with van der Waals surface area (Å²) in [5, 5.41) is 0. The number of aromatic nitrogens is 2. The molecule has 4 aromatic rings. The smallest absolute Gasteiger partial charge is 0.261 e. The highest BCUT2D eigenvalue weighted by atomic mass is 32.2. The standard InChI is InChI=1S/C21H17N3O4S/c25-29(26,24-15-6-9-19-20(12-15)28-11-10-27-19)16-7-8-17-18(13-16)23-21(22-17)14-4-2-1-3-5-14/h1-9,12-13,24H,10-11H2,(H,22,23). The van der Waals surface area contributed by atoms with E-state index in [1.165, 1.54) is 6.07 Å². The molecule has 0 aliphatic carbocycles. The Kier molecular flexibility index (Phi) is 4.13. The van der Waals surface area contributed by atoms with E-state index < -0.39 is 10.0 Å². The normalized spacial score (nSPS) is 13.4. The summed E-state index contributed by atoms with van der Waals surface area (Å²) in [6.45, 7) is 0.913. The molecule has 0 fully saturated rings. The predicted molar refractivity (Wildman–Crippen MR) is 110 cm³/mol. The number of nitrogens with one attached hydrogen (secondary N) is 2. The van der Waals surface area contributed by atoms with Gasteiger partial charge in [-0.2, -0.15) is 0 Å². The Morgan fingerprint density at radius 3 is 2.52 bits per heavy atom. The van der Waals surface area contributed by atoms with Crippen molar-refractivity contribution in [2.45, 2.75) is 4.90 Å². The van der Waals surface area contributed by atoms with Gasteiger partial charge in [0.25, 0.3) is 10.0 Å². The van der Waals surface area contributed by atoms with E-state index in [9.17, 15) is 8.42 Å². The lowest BCUT2D eigenvalue weighted by Gasteiger charge is -2.19. The molecule has 3 aromatic carbocycles. The van der Waals surface area contributed by atoms with Crippen molar-refractivity contribution >= 4 is 26.7 Å². The second-order valence-electron chi connectivity index (χ2n) is 6.59. The number of hydrogen-bond donors (Lipinski definition) is 2. The van der Waals surface area contributed by atoms with Crippen LogP contribution in [0.2, 0.25) is 0 Å². The SMILES string of the molecule is O=S(=O)(Nc1ccc2c(c1)OCCO2)c1ccc2nc(-c3ccccc3)[nH]c2c1. The number of rotatable bonds is 4. The molecule has 2 N–H and O–H groups in total. The van der Waals surface area contributed by atoms with E-state index in [-0.39, 0.29) is 4.90 Å². The number of imidazole rings is 1. The molecule has 0 atom stereocenters. The number of fused-ring (bicyclic) bond motifs is 2. The minimum Gasteiger partial charge on any atom is -0.486 e. The molecule has 29 heavy (non-hydrogen) atoms. The highest BCUT2D eigenvalue weighted by Crippen LogP contribution is 2.33. The van der Waals surface area contributed by atoms with Crippen LogP contribution in [0.4, 0.5) is 5.69 Å². The summed E-state index contributed by atoms with van der Waals surface area (Å²) in [5.74, 6) is 1.81. The Morgan fingerprint density at radius 2 is 1.69 bits per heavy atom. The Balaban J connectivity index is 1.46. The van der Waals surface area contributed by atoms with Crippen LogP contribution in [0.3, 0.4) is 0 Å². The molecule has 0 spiro atoms. The van der Waals surface area contributed by atoms with E-state index >= 15 is 0 Å². The van der Waals surface area contributed by atoms with Crippen molar-refractivity contribution in [1.29, 1.82) is 0 Å². The van der Waals surface area contributed by atoms with E-state index in [2.05, 4.69) is 14.7 Å². The van der Waals surface area contributed by atoms with Crippen molar-refractivity contribution in [2.24, 2.45) is 0 Å². The Morgan fingerprint density at radius 1 is 0.897 bits per heavy atom. The number of anilines is 1. The molecule has 0 saturated heterocycles. The summed E-state index contributed by atoms with van der Waals surface area (Å²) in [5.41, 5.74) is 2.68. The average molecular weight is 407 g/mol. The number of hydrogen-bond acceptors (Lipinski definition) is 5. The van der Waals surface area contributed by atoms with E-state index in [0.717, 1.165) is 5.56 Å². The fourth-order valence-electron chi connectivity index (χ4n) is 3.21. The molecule has 5 rings (SSSR count). The lowest BCUT2D eigenvalue weighted by atomic mass is 10.2. The molecule has 1 aromatic heterocycles. The zero-order valence-electron chi connectivity index (χ0n) is 15.3. The predicted octanol–water partition coefficient (Wildman–Crippen LogP) is 3.80. The van der Waals surface area contributed by atoms with Crippen LogP contribution in [0, 0.1) is 0 Å². The third-order valence-corrected chi connectivity index (χ3v) is 5.98. The van der Waals surface area contributed by atoms with Crippen LogP contribution < -0.4 is 14.2 Å². The van der Waals surface area contributed by atoms with Gasteiger partial charge in [0.2, 0.25) is 0 Å². The summed E-state index contributed by atoms with van der Waals surface area (Å²) in [4.78, 5) is 7.87. The van der Waals surface area contributed by atoms with Crippen LogP contribution in [0.25, 0.3) is 22.4 Å². The van der Waals surface area contributed by atoms with Crippen molar-refractivity contribution in [1.82, 2.24) is 9.97 Å². The molecule has 0 unspecified atom stereocenters. The molecule has 0 amide bonds. The Bertz CT molecular complexity index is 1300. The minimum atomic E-state index is -3.78. The minimum absolute atomic E-state index is 0.142. The third-order valence-electron chi connectivity index (χ3n) is 4.61. The fourth-order valence-corrected chi connectivity index (χ4v) is 4.28. The van der Waals surface area contributed by atoms with E-state index in [4.69, 9.17) is 9.47 Å². The maximum Gasteiger partial charge on any atom is 0.261 e. The number of sulfonamides is 1. The van der Waals surface area contributed by atoms with Gasteiger partial charge < -0.3 is 14.5 Å². The monoisotopic (exact) mass is 407 g/mol. The van der Waals surface area contributed by atoms with Crippen LogP contribution >= 0.6 is 0 Å². The first-order chi connectivity index (χ1) is 14.1. The van der Waals surface area contributed by atoms with Crippen molar-refractivity contribution in [3.8, 4) is 22.9 Å². The third kappa shape index (κ3) is 3.38. The van der Waals surface area contributed by atoms with Crippen molar-refractivity contribution < 1.29 is 17.9 Å². The highest BCUT2D eigenvalue weighted by molar-refractivity contribution is 7.92. The largest absolute Gasteiger partial charge is 0.486 e. The summed E-state index contributed by atoms with van der Waals surface area (Å²) in [7, 11) is -3.78. The lowest BCUT2D eigenvalue weighted by molar-refractivity contribution is 0.171. The molecule has 0 radical (unpaired) electrons. The highest BCUT2D eigenvalue weighted by Gasteiger charge is 2.18. The number of nitrogens with zero attached hydrogens (tertiary/aromatic N) is 1. The first-order valence-electron chi connectivity index (χ1n) is 9.06. The van der Waals surface area contributed by atoms with Gasteiger partial charge in [0, 0.05) is 11.6 Å². The quantitative estimate of drug-likeness (QED) is 0.537. The van der Waals surface area contributed by atoms with Gasteiger partial charge in [-0.3, -0.25) is 4.72 Å². The first kappa shape index (κ1) is 17.6. The van der Waals surface area contributed by atoms with Gasteiger partial charge in [-0.1, -0.05) is 30.3 Å². The van der Waals surface area contributed by atoms with Gasteiger partial charge in [-0.15, -0.1) is 0 Å². The Labute approximate surface area is 167 Å². The van der Waals surface area contributed by atoms with Crippen LogP contribution in [-0.4, -0.2) is 31.6 Å². The van der Waals surface area contributed by atoms with Gasteiger partial charge in [0.05, 0.1) is 21.6 Å². The average Bonchev–Trinajstić information content (AvgIpc) is 3.17. The molecule has 1 aliphatic heterocycles. The number of ether oxygens (including phenoxy) is 2. The summed E-state index contributed by atoms with van der Waals surface area (Å²) < 4.78 is 39.3. The van der Waals surface area contributed by atoms with Crippen molar-refractivity contribution in [3.63, 3.8) is 0 Å². The first-order valence-corrected chi connectivity index (χ1v) is 10.5. The fraction of sp³-hybridized carbons (Fsp3) is 0.0952. The van der Waals surface area contributed by atoms with Gasteiger partial charge in [0.1, 0.15) is 19.0 Å². The second-order valence-corrected chi connectivity index (χ2v) is 8.28. The molecular formula is C21H17N3O4S. The van der Waals surface area contributed by atoms with Crippen molar-refractivity contribution in [3.05, 3.63) is 66.7 Å². The van der Waals surface area contributed by atoms with Gasteiger partial charge in [-0.25, -0.2) is 13.4 Å². The molecule has 0 saturated carbocycles. The van der Waals surface area contributed by atoms with Crippen LogP contribution in [0.15, 0.2) is 71.6 Å². The number of aromatic amines is 1. The summed E-state index contributed by atoms with van der Waals surface area (Å²) in [6, 6.07) is 19.4. The van der Waals surface area contributed by atoms with Gasteiger partial charge in [0.15, 0.2) is 11.5 Å². The maximum absolute atomic E-state index is 12.9. The summed E-state index contributed by atoms with van der Waals surface area (Å²) in [6.07, 6.45) is 0. The summed E-state index contributed by atoms with van der Waals surface area (Å²) >= 11 is 0. The number of benzene rings is 3. The van der Waals surface area contributed by atoms with Crippen LogP contribution in [0.5, 0.6) is 11.5 Å². The van der Waals surface area contributed by atoms with Crippen LogP contribution in [0.1, 0.15) is 0 Å². The number of H-pyrrole nitrogens is 1. The van der Waals surface area contributed by atoms with E-state index in [1.54, 1.807) is 30.3 Å². The molecular weight excluding hydrogens is 390 g/mol. The maximum atomic E-state index is 12.9. The van der Waals surface area contributed by atoms with Crippen LogP contribution in [-0.2, 0) is 10.0 Å². The Hall–Kier alpha value is -3.52. The van der Waals surface area contributed by atoms with E-state index in [1.807, 2.05) is 30.3 Å². The molecule has 0 bridgehead atoms.